The molecule has 2 N–H and O–H groups in total. The van der Waals surface area contributed by atoms with Crippen molar-refractivity contribution in [2.45, 2.75) is 13.0 Å². The number of hydrogen-bond donors (Lipinski definition) is 1. The minimum Gasteiger partial charge on any atom is -0.379 e. The summed E-state index contributed by atoms with van der Waals surface area (Å²) >= 11 is 0. The van der Waals surface area contributed by atoms with Crippen molar-refractivity contribution >= 4 is 16.2 Å². The third-order valence-corrected chi connectivity index (χ3v) is 5.53. The molecule has 0 radical (unpaired) electrons. The van der Waals surface area contributed by atoms with Crippen LogP contribution >= 0.6 is 0 Å². The Labute approximate surface area is 117 Å². The number of morpholine rings is 1. The maximum Gasteiger partial charge on any atom is 0.282 e. The summed E-state index contributed by atoms with van der Waals surface area (Å²) in [5.41, 5.74) is 7.22. The average Bonchev–Trinajstić information content (AvgIpc) is 2.47. The molecule has 20 heavy (non-hydrogen) atoms. The molecule has 1 aromatic rings. The topological polar surface area (TPSA) is 102 Å². The molecule has 0 amide bonds. The third kappa shape index (κ3) is 2.49. The first-order chi connectivity index (χ1) is 9.57. The molecule has 0 aliphatic carbocycles. The molecule has 1 saturated heterocycles. The Bertz CT molecular complexity index is 600. The van der Waals surface area contributed by atoms with E-state index in [1.807, 2.05) is 0 Å². The number of hydrogen-bond acceptors (Lipinski definition) is 6. The van der Waals surface area contributed by atoms with Crippen LogP contribution in [0.3, 0.4) is 0 Å². The first kappa shape index (κ1) is 13.7. The van der Waals surface area contributed by atoms with Gasteiger partial charge in [0.15, 0.2) is 0 Å². The second kappa shape index (κ2) is 5.24. The Kier molecular flexibility index (Phi) is 3.59. The zero-order valence-electron chi connectivity index (χ0n) is 11.0. The number of nitrogen functional groups attached to an aromatic ring is 1. The molecule has 110 valence electrons. The van der Waals surface area contributed by atoms with Crippen LogP contribution in [0.2, 0.25) is 0 Å². The van der Waals surface area contributed by atoms with Crippen molar-refractivity contribution in [1.29, 1.82) is 0 Å². The Morgan fingerprint density at radius 2 is 1.95 bits per heavy atom. The SMILES string of the molecule is Nc1ncc2c(n1)CN(S(=O)(=O)N1CCOCC1)CC2. The molecule has 0 unspecified atom stereocenters. The molecule has 0 atom stereocenters. The highest BCUT2D eigenvalue weighted by molar-refractivity contribution is 7.86. The molecule has 3 rings (SSSR count). The van der Waals surface area contributed by atoms with Gasteiger partial charge in [0, 0.05) is 25.8 Å². The molecule has 0 saturated carbocycles. The van der Waals surface area contributed by atoms with E-state index in [1.165, 1.54) is 8.61 Å². The number of rotatable bonds is 2. The number of fused-ring (bicyclic) bond motifs is 1. The van der Waals surface area contributed by atoms with Crippen LogP contribution in [0.4, 0.5) is 5.95 Å². The smallest absolute Gasteiger partial charge is 0.282 e. The van der Waals surface area contributed by atoms with Gasteiger partial charge in [-0.2, -0.15) is 17.0 Å². The molecule has 0 bridgehead atoms. The zero-order valence-corrected chi connectivity index (χ0v) is 11.8. The van der Waals surface area contributed by atoms with Gasteiger partial charge in [0.1, 0.15) is 0 Å². The standard InChI is InChI=1S/C11H17N5O3S/c12-11-13-7-9-1-2-16(8-10(9)14-11)20(17,18)15-3-5-19-6-4-15/h7H,1-6,8H2,(H2,12,13,14). The Morgan fingerprint density at radius 3 is 2.70 bits per heavy atom. The lowest BCUT2D eigenvalue weighted by atomic mass is 10.1. The number of nitrogens with zero attached hydrogens (tertiary/aromatic N) is 4. The number of aromatic nitrogens is 2. The molecular weight excluding hydrogens is 282 g/mol. The van der Waals surface area contributed by atoms with Gasteiger partial charge in [-0.25, -0.2) is 9.97 Å². The summed E-state index contributed by atoms with van der Waals surface area (Å²) in [4.78, 5) is 8.08. The molecule has 8 nitrogen and oxygen atoms in total. The fourth-order valence-electron chi connectivity index (χ4n) is 2.43. The lowest BCUT2D eigenvalue weighted by molar-refractivity contribution is 0.0698. The van der Waals surface area contributed by atoms with E-state index in [2.05, 4.69) is 9.97 Å². The van der Waals surface area contributed by atoms with Gasteiger partial charge in [-0.15, -0.1) is 0 Å². The molecule has 0 spiro atoms. The Hall–Kier alpha value is -1.29. The summed E-state index contributed by atoms with van der Waals surface area (Å²) in [7, 11) is -3.46. The van der Waals surface area contributed by atoms with Crippen molar-refractivity contribution in [2.24, 2.45) is 0 Å². The van der Waals surface area contributed by atoms with Gasteiger partial charge in [0.25, 0.3) is 10.2 Å². The van der Waals surface area contributed by atoms with Gasteiger partial charge >= 0.3 is 0 Å². The summed E-state index contributed by atoms with van der Waals surface area (Å²) in [6.45, 7) is 2.38. The zero-order chi connectivity index (χ0) is 14.2. The minimum absolute atomic E-state index is 0.175. The molecule has 0 aromatic carbocycles. The highest BCUT2D eigenvalue weighted by atomic mass is 32.2. The van der Waals surface area contributed by atoms with E-state index >= 15 is 0 Å². The molecule has 2 aliphatic heterocycles. The molecule has 1 aromatic heterocycles. The third-order valence-electron chi connectivity index (χ3n) is 3.55. The molecule has 2 aliphatic rings. The molecule has 9 heteroatoms. The van der Waals surface area contributed by atoms with Crippen LogP contribution in [0.25, 0.3) is 0 Å². The van der Waals surface area contributed by atoms with Gasteiger partial charge in [0.05, 0.1) is 25.5 Å². The molecular formula is C11H17N5O3S. The fraction of sp³-hybridized carbons (Fsp3) is 0.636. The molecule has 3 heterocycles. The predicted octanol–water partition coefficient (Wildman–Crippen LogP) is -1.01. The summed E-state index contributed by atoms with van der Waals surface area (Å²) in [5, 5.41) is 0. The predicted molar refractivity (Wildman–Crippen MR) is 71.9 cm³/mol. The van der Waals surface area contributed by atoms with Crippen molar-refractivity contribution in [3.8, 4) is 0 Å². The second-order valence-electron chi connectivity index (χ2n) is 4.80. The first-order valence-electron chi connectivity index (χ1n) is 6.50. The van der Waals surface area contributed by atoms with Crippen molar-refractivity contribution < 1.29 is 13.2 Å². The Balaban J connectivity index is 1.82. The van der Waals surface area contributed by atoms with Gasteiger partial charge in [0.2, 0.25) is 5.95 Å². The van der Waals surface area contributed by atoms with Crippen LogP contribution in [0.15, 0.2) is 6.20 Å². The summed E-state index contributed by atoms with van der Waals surface area (Å²) in [6, 6.07) is 0. The van der Waals surface area contributed by atoms with Gasteiger partial charge in [-0.05, 0) is 12.0 Å². The quantitative estimate of drug-likeness (QED) is 0.751. The van der Waals surface area contributed by atoms with Crippen LogP contribution in [0.1, 0.15) is 11.3 Å². The number of nitrogens with two attached hydrogens (primary N) is 1. The largest absolute Gasteiger partial charge is 0.379 e. The van der Waals surface area contributed by atoms with Crippen LogP contribution in [-0.2, 0) is 27.9 Å². The van der Waals surface area contributed by atoms with Gasteiger partial charge < -0.3 is 10.5 Å². The fourth-order valence-corrected chi connectivity index (χ4v) is 3.98. The average molecular weight is 299 g/mol. The van der Waals surface area contributed by atoms with Crippen LogP contribution < -0.4 is 5.73 Å². The van der Waals surface area contributed by atoms with Crippen molar-refractivity contribution in [2.75, 3.05) is 38.6 Å². The minimum atomic E-state index is -3.46. The van der Waals surface area contributed by atoms with E-state index in [0.717, 1.165) is 5.56 Å². The van der Waals surface area contributed by atoms with E-state index in [-0.39, 0.29) is 12.5 Å². The highest BCUT2D eigenvalue weighted by Gasteiger charge is 2.33. The Morgan fingerprint density at radius 1 is 1.20 bits per heavy atom. The van der Waals surface area contributed by atoms with E-state index in [1.54, 1.807) is 6.20 Å². The summed E-state index contributed by atoms with van der Waals surface area (Å²) in [5.74, 6) is 0.175. The van der Waals surface area contributed by atoms with E-state index in [0.29, 0.717) is 45.0 Å². The van der Waals surface area contributed by atoms with Crippen LogP contribution in [0.5, 0.6) is 0 Å². The summed E-state index contributed by atoms with van der Waals surface area (Å²) in [6.07, 6.45) is 2.29. The number of anilines is 1. The lowest BCUT2D eigenvalue weighted by Crippen LogP contribution is -2.49. The molecule has 1 fully saturated rings. The first-order valence-corrected chi connectivity index (χ1v) is 7.90. The van der Waals surface area contributed by atoms with Crippen molar-refractivity contribution in [3.05, 3.63) is 17.5 Å². The van der Waals surface area contributed by atoms with Crippen LogP contribution in [-0.4, -0.2) is 59.8 Å². The van der Waals surface area contributed by atoms with E-state index in [9.17, 15) is 8.42 Å². The summed E-state index contributed by atoms with van der Waals surface area (Å²) < 4.78 is 33.2. The van der Waals surface area contributed by atoms with Gasteiger partial charge in [-0.3, -0.25) is 0 Å². The highest BCUT2D eigenvalue weighted by Crippen LogP contribution is 2.21. The number of ether oxygens (including phenoxy) is 1. The van der Waals surface area contributed by atoms with Crippen LogP contribution in [0, 0.1) is 0 Å². The monoisotopic (exact) mass is 299 g/mol. The van der Waals surface area contributed by atoms with Gasteiger partial charge in [-0.1, -0.05) is 0 Å². The van der Waals surface area contributed by atoms with Crippen molar-refractivity contribution in [1.82, 2.24) is 18.6 Å². The maximum atomic E-state index is 12.6. The maximum absolute atomic E-state index is 12.6. The lowest BCUT2D eigenvalue weighted by Gasteiger charge is -2.34. The normalized spacial score (nSPS) is 21.6. The van der Waals surface area contributed by atoms with E-state index in [4.69, 9.17) is 10.5 Å². The van der Waals surface area contributed by atoms with E-state index < -0.39 is 10.2 Å². The van der Waals surface area contributed by atoms with Crippen molar-refractivity contribution in [3.63, 3.8) is 0 Å². The second-order valence-corrected chi connectivity index (χ2v) is 6.73.